The van der Waals surface area contributed by atoms with Crippen LogP contribution in [0.15, 0.2) is 12.2 Å². The van der Waals surface area contributed by atoms with Crippen molar-refractivity contribution in [1.29, 1.82) is 0 Å². The van der Waals surface area contributed by atoms with Gasteiger partial charge in [-0.05, 0) is 19.8 Å². The fourth-order valence-electron chi connectivity index (χ4n) is 2.90. The minimum Gasteiger partial charge on any atom is -0.462 e. The van der Waals surface area contributed by atoms with Gasteiger partial charge in [-0.25, -0.2) is 4.79 Å². The van der Waals surface area contributed by atoms with Gasteiger partial charge in [0.15, 0.2) is 0 Å². The molecule has 3 heterocycles. The third-order valence-electron chi connectivity index (χ3n) is 4.09. The van der Waals surface area contributed by atoms with Gasteiger partial charge in [0, 0.05) is 31.3 Å². The van der Waals surface area contributed by atoms with E-state index in [2.05, 4.69) is 18.4 Å². The molecule has 0 aromatic heterocycles. The highest BCUT2D eigenvalue weighted by Crippen LogP contribution is 2.26. The van der Waals surface area contributed by atoms with Crippen molar-refractivity contribution in [2.75, 3.05) is 39.5 Å². The van der Waals surface area contributed by atoms with E-state index in [1.165, 1.54) is 0 Å². The Morgan fingerprint density at radius 1 is 1.35 bits per heavy atom. The van der Waals surface area contributed by atoms with Crippen molar-refractivity contribution < 1.29 is 22.8 Å². The Morgan fingerprint density at radius 3 is 2.65 bits per heavy atom. The van der Waals surface area contributed by atoms with Gasteiger partial charge in [-0.2, -0.15) is 0 Å². The van der Waals surface area contributed by atoms with E-state index < -0.39 is 8.80 Å². The molecule has 3 fully saturated rings. The SMILES string of the molecule is C=C(C)C(=O)OCCC[Si]12OCCN(CCO1)CC(CCC)O2. The Morgan fingerprint density at radius 2 is 2.04 bits per heavy atom. The average Bonchev–Trinajstić information content (AvgIpc) is 2.45. The van der Waals surface area contributed by atoms with Gasteiger partial charge in [-0.15, -0.1) is 0 Å². The zero-order valence-corrected chi connectivity index (χ0v) is 15.3. The molecule has 0 saturated carbocycles. The quantitative estimate of drug-likeness (QED) is 0.305. The van der Waals surface area contributed by atoms with Gasteiger partial charge in [0.2, 0.25) is 0 Å². The van der Waals surface area contributed by atoms with Crippen LogP contribution in [0.4, 0.5) is 0 Å². The van der Waals surface area contributed by atoms with Crippen LogP contribution in [-0.2, 0) is 22.8 Å². The van der Waals surface area contributed by atoms with Crippen molar-refractivity contribution in [2.24, 2.45) is 0 Å². The summed E-state index contributed by atoms with van der Waals surface area (Å²) in [4.78, 5) is 13.8. The third kappa shape index (κ3) is 5.68. The van der Waals surface area contributed by atoms with E-state index in [9.17, 15) is 4.79 Å². The Labute approximate surface area is 140 Å². The molecule has 1 unspecified atom stereocenters. The van der Waals surface area contributed by atoms with E-state index >= 15 is 0 Å². The maximum Gasteiger partial charge on any atom is 0.501 e. The molecule has 0 radical (unpaired) electrons. The van der Waals surface area contributed by atoms with Gasteiger partial charge in [0.1, 0.15) is 0 Å². The summed E-state index contributed by atoms with van der Waals surface area (Å²) in [6.07, 6.45) is 2.96. The van der Waals surface area contributed by atoms with Crippen molar-refractivity contribution >= 4 is 14.8 Å². The molecule has 0 aromatic rings. The second-order valence-electron chi connectivity index (χ2n) is 6.23. The molecule has 3 rings (SSSR count). The first-order valence-electron chi connectivity index (χ1n) is 8.55. The molecule has 3 aliphatic heterocycles. The van der Waals surface area contributed by atoms with E-state index in [-0.39, 0.29) is 12.1 Å². The highest BCUT2D eigenvalue weighted by Gasteiger charge is 2.45. The fourth-order valence-corrected chi connectivity index (χ4v) is 5.60. The molecular formula is C16H29NO5Si. The largest absolute Gasteiger partial charge is 0.501 e. The fraction of sp³-hybridized carbons (Fsp3) is 0.812. The molecule has 23 heavy (non-hydrogen) atoms. The van der Waals surface area contributed by atoms with Gasteiger partial charge < -0.3 is 18.0 Å². The molecule has 1 atom stereocenters. The standard InChI is InChI=1S/C16H29NO5Si/c1-4-6-15-13-17-7-10-20-23(22-15,21-11-8-17)12-5-9-19-16(18)14(2)3/h15H,2,4-13H2,1,3H3. The molecular weight excluding hydrogens is 314 g/mol. The summed E-state index contributed by atoms with van der Waals surface area (Å²) >= 11 is 0. The van der Waals surface area contributed by atoms with Crippen LogP contribution in [0.3, 0.4) is 0 Å². The van der Waals surface area contributed by atoms with Crippen LogP contribution in [0.5, 0.6) is 0 Å². The van der Waals surface area contributed by atoms with E-state index in [1.807, 2.05) is 0 Å². The maximum absolute atomic E-state index is 11.4. The molecule has 6 nitrogen and oxygen atoms in total. The average molecular weight is 343 g/mol. The lowest BCUT2D eigenvalue weighted by atomic mass is 10.2. The van der Waals surface area contributed by atoms with Crippen molar-refractivity contribution in [3.8, 4) is 0 Å². The number of hydrogen-bond acceptors (Lipinski definition) is 6. The number of esters is 1. The Bertz CT molecular complexity index is 407. The van der Waals surface area contributed by atoms with Gasteiger partial charge in [-0.3, -0.25) is 4.90 Å². The summed E-state index contributed by atoms with van der Waals surface area (Å²) in [5.41, 5.74) is 0.421. The predicted molar refractivity (Wildman–Crippen MR) is 89.1 cm³/mol. The smallest absolute Gasteiger partial charge is 0.462 e. The first-order valence-corrected chi connectivity index (χ1v) is 10.5. The zero-order valence-electron chi connectivity index (χ0n) is 14.3. The topological polar surface area (TPSA) is 57.2 Å². The van der Waals surface area contributed by atoms with E-state index in [0.717, 1.165) is 32.5 Å². The number of nitrogens with zero attached hydrogens (tertiary/aromatic N) is 1. The summed E-state index contributed by atoms with van der Waals surface area (Å²) < 4.78 is 23.6. The molecule has 3 aliphatic rings. The molecule has 3 saturated heterocycles. The molecule has 132 valence electrons. The molecule has 7 heteroatoms. The molecule has 2 bridgehead atoms. The van der Waals surface area contributed by atoms with E-state index in [0.29, 0.717) is 37.9 Å². The molecule has 0 spiro atoms. The number of carbonyl (C=O) groups excluding carboxylic acids is 1. The van der Waals surface area contributed by atoms with Crippen molar-refractivity contribution in [1.82, 2.24) is 4.90 Å². The predicted octanol–water partition coefficient (Wildman–Crippen LogP) is 1.98. The number of fused-ring (bicyclic) bond motifs is 6. The maximum atomic E-state index is 11.4. The number of hydrogen-bond donors (Lipinski definition) is 0. The van der Waals surface area contributed by atoms with Crippen LogP contribution >= 0.6 is 0 Å². The van der Waals surface area contributed by atoms with Crippen LogP contribution in [-0.4, -0.2) is 65.2 Å². The Hall–Kier alpha value is -0.733. The van der Waals surface area contributed by atoms with Crippen molar-refractivity contribution in [3.63, 3.8) is 0 Å². The minimum atomic E-state index is -2.67. The first kappa shape index (κ1) is 18.6. The zero-order chi connectivity index (χ0) is 16.7. The Kier molecular flexibility index (Phi) is 7.23. The number of ether oxygens (including phenoxy) is 1. The summed E-state index contributed by atoms with van der Waals surface area (Å²) in [5.74, 6) is -0.346. The van der Waals surface area contributed by atoms with Crippen LogP contribution < -0.4 is 0 Å². The van der Waals surface area contributed by atoms with Gasteiger partial charge in [0.05, 0.1) is 25.9 Å². The first-order chi connectivity index (χ1) is 11.0. The summed E-state index contributed by atoms with van der Waals surface area (Å²) in [5, 5.41) is 0. The third-order valence-corrected chi connectivity index (χ3v) is 7.03. The van der Waals surface area contributed by atoms with Gasteiger partial charge in [0.25, 0.3) is 0 Å². The highest BCUT2D eigenvalue weighted by atomic mass is 28.4. The molecule has 0 aromatic carbocycles. The Balaban J connectivity index is 1.91. The number of carbonyl (C=O) groups is 1. The van der Waals surface area contributed by atoms with Crippen molar-refractivity contribution in [2.45, 2.75) is 45.3 Å². The summed E-state index contributed by atoms with van der Waals surface area (Å²) in [7, 11) is -2.67. The highest BCUT2D eigenvalue weighted by molar-refractivity contribution is 6.60. The summed E-state index contributed by atoms with van der Waals surface area (Å²) in [6.45, 7) is 11.9. The molecule has 0 N–H and O–H groups in total. The second kappa shape index (κ2) is 8.94. The van der Waals surface area contributed by atoms with Crippen molar-refractivity contribution in [3.05, 3.63) is 12.2 Å². The van der Waals surface area contributed by atoms with Crippen LogP contribution in [0.25, 0.3) is 0 Å². The number of rotatable bonds is 7. The lowest BCUT2D eigenvalue weighted by Crippen LogP contribution is -2.57. The van der Waals surface area contributed by atoms with Gasteiger partial charge in [-0.1, -0.05) is 19.9 Å². The van der Waals surface area contributed by atoms with Crippen LogP contribution in [0, 0.1) is 0 Å². The molecule has 0 aliphatic carbocycles. The molecule has 0 amide bonds. The van der Waals surface area contributed by atoms with Gasteiger partial charge >= 0.3 is 14.8 Å². The van der Waals surface area contributed by atoms with E-state index in [1.54, 1.807) is 6.92 Å². The van der Waals surface area contributed by atoms with Crippen LogP contribution in [0.2, 0.25) is 6.04 Å². The minimum absolute atomic E-state index is 0.172. The lowest BCUT2D eigenvalue weighted by molar-refractivity contribution is -0.139. The van der Waals surface area contributed by atoms with E-state index in [4.69, 9.17) is 18.0 Å². The van der Waals surface area contributed by atoms with Crippen LogP contribution in [0.1, 0.15) is 33.1 Å². The lowest BCUT2D eigenvalue weighted by Gasteiger charge is -2.41. The normalized spacial score (nSPS) is 31.0. The monoisotopic (exact) mass is 343 g/mol. The summed E-state index contributed by atoms with van der Waals surface area (Å²) in [6, 6.07) is 0.691. The second-order valence-corrected chi connectivity index (χ2v) is 8.91.